The molecular formula is C14H17N5OS. The third kappa shape index (κ3) is 2.67. The molecule has 0 radical (unpaired) electrons. The van der Waals surface area contributed by atoms with Crippen LogP contribution in [-0.4, -0.2) is 40.7 Å². The maximum Gasteiger partial charge on any atom is 0.275 e. The van der Waals surface area contributed by atoms with Crippen molar-refractivity contribution in [2.75, 3.05) is 14.1 Å². The molecule has 0 amide bonds. The van der Waals surface area contributed by atoms with Crippen LogP contribution in [0.5, 0.6) is 0 Å². The molecule has 2 unspecified atom stereocenters. The Labute approximate surface area is 127 Å². The van der Waals surface area contributed by atoms with Crippen molar-refractivity contribution in [2.45, 2.75) is 11.5 Å². The number of aromatic nitrogens is 2. The van der Waals surface area contributed by atoms with Gasteiger partial charge in [0.25, 0.3) is 5.89 Å². The minimum Gasteiger partial charge on any atom is -0.355 e. The van der Waals surface area contributed by atoms with Crippen LogP contribution < -0.4 is 11.1 Å². The van der Waals surface area contributed by atoms with Gasteiger partial charge in [0, 0.05) is 18.0 Å². The van der Waals surface area contributed by atoms with Crippen molar-refractivity contribution in [2.24, 2.45) is 5.73 Å². The van der Waals surface area contributed by atoms with Crippen LogP contribution >= 0.6 is 11.8 Å². The summed E-state index contributed by atoms with van der Waals surface area (Å²) in [6, 6.07) is 9.76. The Morgan fingerprint density at radius 2 is 2.14 bits per heavy atom. The molecule has 0 bridgehead atoms. The summed E-state index contributed by atoms with van der Waals surface area (Å²) < 4.78 is 5.39. The van der Waals surface area contributed by atoms with Gasteiger partial charge >= 0.3 is 0 Å². The second kappa shape index (κ2) is 5.88. The highest BCUT2D eigenvalue weighted by Crippen LogP contribution is 2.35. The van der Waals surface area contributed by atoms with Crippen molar-refractivity contribution in [3.8, 4) is 11.4 Å². The zero-order valence-corrected chi connectivity index (χ0v) is 12.7. The molecule has 0 saturated heterocycles. The molecule has 3 N–H and O–H groups in total. The van der Waals surface area contributed by atoms with Gasteiger partial charge in [0.2, 0.25) is 5.82 Å². The average Bonchev–Trinajstić information content (AvgIpc) is 3.14. The van der Waals surface area contributed by atoms with Gasteiger partial charge in [-0.05, 0) is 7.05 Å². The molecule has 2 heterocycles. The number of hydrogen-bond donors (Lipinski definition) is 2. The quantitative estimate of drug-likeness (QED) is 0.829. The third-order valence-electron chi connectivity index (χ3n) is 3.40. The smallest absolute Gasteiger partial charge is 0.275 e. The van der Waals surface area contributed by atoms with Crippen LogP contribution in [-0.2, 0) is 0 Å². The van der Waals surface area contributed by atoms with Gasteiger partial charge in [-0.25, -0.2) is 0 Å². The van der Waals surface area contributed by atoms with Crippen molar-refractivity contribution in [1.82, 2.24) is 20.4 Å². The van der Waals surface area contributed by atoms with E-state index in [1.807, 2.05) is 54.7 Å². The highest BCUT2D eigenvalue weighted by molar-refractivity contribution is 8.03. The fourth-order valence-electron chi connectivity index (χ4n) is 2.15. The Bertz CT molecular complexity index is 642. The molecule has 21 heavy (non-hydrogen) atoms. The van der Waals surface area contributed by atoms with E-state index in [2.05, 4.69) is 15.5 Å². The summed E-state index contributed by atoms with van der Waals surface area (Å²) in [5, 5.41) is 9.21. The fourth-order valence-corrected chi connectivity index (χ4v) is 3.28. The second-order valence-electron chi connectivity index (χ2n) is 4.74. The topological polar surface area (TPSA) is 80.2 Å². The molecule has 6 nitrogen and oxygen atoms in total. The summed E-state index contributed by atoms with van der Waals surface area (Å²) in [7, 11) is 3.82. The number of nitrogens with two attached hydrogens (primary N) is 1. The molecule has 0 saturated carbocycles. The van der Waals surface area contributed by atoms with Crippen LogP contribution in [0.25, 0.3) is 17.1 Å². The highest BCUT2D eigenvalue weighted by atomic mass is 32.2. The monoisotopic (exact) mass is 303 g/mol. The van der Waals surface area contributed by atoms with Crippen molar-refractivity contribution in [1.29, 1.82) is 0 Å². The van der Waals surface area contributed by atoms with Crippen LogP contribution in [0.2, 0.25) is 0 Å². The van der Waals surface area contributed by atoms with E-state index in [-0.39, 0.29) is 11.5 Å². The Hall–Kier alpha value is -1.83. The standard InChI is InChI=1S/C14H17N5OS/c1-16-11(15)14-19(2)10(8-21-14)13-17-12(18-20-13)9-6-4-3-5-7-9/h3-8,11,14,16H,15H2,1-2H3. The van der Waals surface area contributed by atoms with E-state index < -0.39 is 0 Å². The maximum atomic E-state index is 6.03. The van der Waals surface area contributed by atoms with E-state index in [9.17, 15) is 0 Å². The van der Waals surface area contributed by atoms with Crippen LogP contribution in [0.15, 0.2) is 40.3 Å². The first-order valence-corrected chi connectivity index (χ1v) is 7.56. The minimum atomic E-state index is -0.134. The summed E-state index contributed by atoms with van der Waals surface area (Å²) >= 11 is 1.64. The lowest BCUT2D eigenvalue weighted by Crippen LogP contribution is -2.48. The van der Waals surface area contributed by atoms with E-state index in [0.717, 1.165) is 11.3 Å². The maximum absolute atomic E-state index is 6.03. The Morgan fingerprint density at radius 1 is 1.38 bits per heavy atom. The van der Waals surface area contributed by atoms with Crippen molar-refractivity contribution in [3.63, 3.8) is 0 Å². The molecule has 1 aromatic carbocycles. The average molecular weight is 303 g/mol. The summed E-state index contributed by atoms with van der Waals surface area (Å²) in [6.07, 6.45) is -0.134. The number of rotatable bonds is 4. The first kappa shape index (κ1) is 14.1. The van der Waals surface area contributed by atoms with E-state index >= 15 is 0 Å². The largest absolute Gasteiger partial charge is 0.355 e. The van der Waals surface area contributed by atoms with Crippen molar-refractivity contribution in [3.05, 3.63) is 41.6 Å². The summed E-state index contributed by atoms with van der Waals surface area (Å²) in [4.78, 5) is 6.52. The molecule has 7 heteroatoms. The van der Waals surface area contributed by atoms with Gasteiger partial charge in [0.05, 0.1) is 6.17 Å². The summed E-state index contributed by atoms with van der Waals surface area (Å²) in [5.74, 6) is 1.10. The number of nitrogens with one attached hydrogen (secondary N) is 1. The lowest BCUT2D eigenvalue weighted by atomic mass is 10.2. The SMILES string of the molecule is CNC(N)C1SC=C(c2nc(-c3ccccc3)no2)N1C. The van der Waals surface area contributed by atoms with Gasteiger partial charge in [-0.2, -0.15) is 4.98 Å². The Kier molecular flexibility index (Phi) is 3.96. The summed E-state index contributed by atoms with van der Waals surface area (Å²) in [6.45, 7) is 0. The van der Waals surface area contributed by atoms with Crippen LogP contribution in [0, 0.1) is 0 Å². The molecule has 0 fully saturated rings. The van der Waals surface area contributed by atoms with Gasteiger partial charge in [-0.3, -0.25) is 0 Å². The molecule has 2 atom stereocenters. The van der Waals surface area contributed by atoms with E-state index in [1.54, 1.807) is 11.8 Å². The van der Waals surface area contributed by atoms with E-state index in [0.29, 0.717) is 11.7 Å². The van der Waals surface area contributed by atoms with E-state index in [1.165, 1.54) is 0 Å². The van der Waals surface area contributed by atoms with Crippen molar-refractivity contribution >= 4 is 17.5 Å². The second-order valence-corrected chi connectivity index (χ2v) is 5.74. The molecule has 1 aromatic heterocycles. The van der Waals surface area contributed by atoms with Crippen LogP contribution in [0.3, 0.4) is 0 Å². The minimum absolute atomic E-state index is 0.108. The summed E-state index contributed by atoms with van der Waals surface area (Å²) in [5.41, 5.74) is 7.86. The van der Waals surface area contributed by atoms with Gasteiger partial charge in [0.15, 0.2) is 0 Å². The van der Waals surface area contributed by atoms with E-state index in [4.69, 9.17) is 10.3 Å². The zero-order chi connectivity index (χ0) is 14.8. The Balaban J connectivity index is 1.82. The van der Waals surface area contributed by atoms with Gasteiger partial charge in [0.1, 0.15) is 11.1 Å². The highest BCUT2D eigenvalue weighted by Gasteiger charge is 2.31. The molecule has 2 aromatic rings. The molecule has 1 aliphatic heterocycles. The molecule has 110 valence electrons. The number of likely N-dealkylation sites (N-methyl/N-ethyl adjacent to an activating group) is 2. The molecule has 1 aliphatic rings. The van der Waals surface area contributed by atoms with Crippen LogP contribution in [0.4, 0.5) is 0 Å². The van der Waals surface area contributed by atoms with Gasteiger partial charge in [-0.1, -0.05) is 35.5 Å². The number of nitrogens with zero attached hydrogens (tertiary/aromatic N) is 3. The Morgan fingerprint density at radius 3 is 2.86 bits per heavy atom. The molecule has 0 aliphatic carbocycles. The number of hydrogen-bond acceptors (Lipinski definition) is 7. The predicted octanol–water partition coefficient (Wildman–Crippen LogP) is 1.54. The lowest BCUT2D eigenvalue weighted by molar-refractivity contribution is 0.347. The van der Waals surface area contributed by atoms with Crippen LogP contribution in [0.1, 0.15) is 5.89 Å². The molecule has 3 rings (SSSR count). The normalized spacial score (nSPS) is 19.7. The lowest BCUT2D eigenvalue weighted by Gasteiger charge is -2.27. The fraction of sp³-hybridized carbons (Fsp3) is 0.286. The van der Waals surface area contributed by atoms with Crippen molar-refractivity contribution < 1.29 is 4.52 Å². The first-order valence-electron chi connectivity index (χ1n) is 6.61. The predicted molar refractivity (Wildman–Crippen MR) is 83.9 cm³/mol. The number of thioether (sulfide) groups is 1. The zero-order valence-electron chi connectivity index (χ0n) is 11.9. The number of benzene rings is 1. The molecule has 0 spiro atoms. The third-order valence-corrected chi connectivity index (χ3v) is 4.65. The molecular weight excluding hydrogens is 286 g/mol. The first-order chi connectivity index (χ1) is 10.2. The van der Waals surface area contributed by atoms with Gasteiger partial charge in [-0.15, -0.1) is 11.8 Å². The van der Waals surface area contributed by atoms with Gasteiger partial charge < -0.3 is 20.5 Å².